The van der Waals surface area contributed by atoms with Crippen LogP contribution in [0.2, 0.25) is 0 Å². The van der Waals surface area contributed by atoms with E-state index in [2.05, 4.69) is 13.8 Å². The lowest BCUT2D eigenvalue weighted by Gasteiger charge is -2.14. The van der Waals surface area contributed by atoms with Crippen molar-refractivity contribution in [2.24, 2.45) is 5.92 Å². The number of hydrogen-bond acceptors (Lipinski definition) is 3. The van der Waals surface area contributed by atoms with Gasteiger partial charge in [-0.3, -0.25) is 4.18 Å². The van der Waals surface area contributed by atoms with Gasteiger partial charge >= 0.3 is 0 Å². The van der Waals surface area contributed by atoms with E-state index in [9.17, 15) is 8.42 Å². The molecule has 20 heavy (non-hydrogen) atoms. The second-order valence-corrected chi connectivity index (χ2v) is 6.58. The van der Waals surface area contributed by atoms with Gasteiger partial charge in [-0.05, 0) is 31.4 Å². The molecule has 0 aliphatic heterocycles. The average molecular weight is 316 g/mol. The molecule has 1 unspecified atom stereocenters. The second-order valence-electron chi connectivity index (χ2n) is 4.97. The van der Waals surface area contributed by atoms with Crippen molar-refractivity contribution in [1.29, 1.82) is 0 Å². The molecule has 1 aromatic rings. The van der Waals surface area contributed by atoms with Gasteiger partial charge in [0.2, 0.25) is 0 Å². The molecular formula is C15H24O3S2. The number of benzene rings is 1. The van der Waals surface area contributed by atoms with E-state index in [4.69, 9.17) is 4.18 Å². The Balaban J connectivity index is 0.00000361. The minimum atomic E-state index is -3.61. The minimum Gasteiger partial charge on any atom is -0.266 e. The van der Waals surface area contributed by atoms with E-state index < -0.39 is 10.1 Å². The molecule has 0 heterocycles. The number of unbranched alkanes of at least 4 members (excludes halogenated alkanes) is 1. The molecule has 0 fully saturated rings. The molecule has 0 bridgehead atoms. The molecule has 3 nitrogen and oxygen atoms in total. The summed E-state index contributed by atoms with van der Waals surface area (Å²) in [6.07, 6.45) is 4.22. The van der Waals surface area contributed by atoms with Crippen LogP contribution in [0.5, 0.6) is 0 Å². The summed E-state index contributed by atoms with van der Waals surface area (Å²) in [5.41, 5.74) is 1.04. The molecule has 0 aromatic heterocycles. The van der Waals surface area contributed by atoms with Crippen molar-refractivity contribution in [3.05, 3.63) is 29.8 Å². The maximum absolute atomic E-state index is 12.0. The summed E-state index contributed by atoms with van der Waals surface area (Å²) in [5.74, 6) is 0.320. The first-order valence-electron chi connectivity index (χ1n) is 6.95. The highest BCUT2D eigenvalue weighted by molar-refractivity contribution is 7.86. The average Bonchev–Trinajstić information content (AvgIpc) is 2.39. The third-order valence-corrected chi connectivity index (χ3v) is 4.61. The molecule has 0 saturated carbocycles. The van der Waals surface area contributed by atoms with Gasteiger partial charge < -0.3 is 0 Å². The second kappa shape index (κ2) is 9.42. The van der Waals surface area contributed by atoms with Gasteiger partial charge in [-0.25, -0.2) is 0 Å². The lowest BCUT2D eigenvalue weighted by atomic mass is 10.0. The molecule has 0 aliphatic rings. The summed E-state index contributed by atoms with van der Waals surface area (Å²) in [6, 6.07) is 6.75. The molecule has 0 aliphatic carbocycles. The zero-order chi connectivity index (χ0) is 14.3. The van der Waals surface area contributed by atoms with Gasteiger partial charge in [0, 0.05) is 13.5 Å². The standard InChI is InChI=1S/C15H24O3S.S/c1-4-6-7-14(5-2)12-18-19(16,17)15-10-8-13(3)9-11-15;/h8-11,14H,4-7,12H2,1-3H3;. The van der Waals surface area contributed by atoms with Crippen LogP contribution in [0.15, 0.2) is 29.2 Å². The zero-order valence-electron chi connectivity index (χ0n) is 12.5. The van der Waals surface area contributed by atoms with Crippen molar-refractivity contribution >= 4 is 23.6 Å². The third-order valence-electron chi connectivity index (χ3n) is 3.31. The van der Waals surface area contributed by atoms with Crippen LogP contribution in [0.25, 0.3) is 0 Å². The van der Waals surface area contributed by atoms with E-state index in [1.807, 2.05) is 6.92 Å². The highest BCUT2D eigenvalue weighted by atomic mass is 32.2. The van der Waals surface area contributed by atoms with Crippen LogP contribution in [0.4, 0.5) is 0 Å². The predicted molar refractivity (Wildman–Crippen MR) is 85.2 cm³/mol. The number of hydrogen-bond donors (Lipinski definition) is 0. The Hall–Kier alpha value is -0.520. The topological polar surface area (TPSA) is 43.4 Å². The predicted octanol–water partition coefficient (Wildman–Crippen LogP) is 4.56. The maximum atomic E-state index is 12.0. The lowest BCUT2D eigenvalue weighted by Crippen LogP contribution is -2.14. The monoisotopic (exact) mass is 316 g/mol. The Labute approximate surface area is 130 Å². The van der Waals surface area contributed by atoms with Crippen molar-refractivity contribution < 1.29 is 12.6 Å². The third kappa shape index (κ3) is 6.29. The van der Waals surface area contributed by atoms with Gasteiger partial charge in [-0.2, -0.15) is 8.42 Å². The summed E-state index contributed by atoms with van der Waals surface area (Å²) < 4.78 is 29.2. The van der Waals surface area contributed by atoms with Crippen LogP contribution in [0, 0.1) is 12.8 Å². The van der Waals surface area contributed by atoms with Crippen molar-refractivity contribution in [3.8, 4) is 0 Å². The molecule has 1 atom stereocenters. The Morgan fingerprint density at radius 3 is 2.25 bits per heavy atom. The van der Waals surface area contributed by atoms with Crippen molar-refractivity contribution in [2.75, 3.05) is 6.61 Å². The fraction of sp³-hybridized carbons (Fsp3) is 0.600. The maximum Gasteiger partial charge on any atom is 0.296 e. The molecule has 5 heteroatoms. The highest BCUT2D eigenvalue weighted by Crippen LogP contribution is 2.18. The van der Waals surface area contributed by atoms with Crippen LogP contribution in [-0.2, 0) is 14.3 Å². The largest absolute Gasteiger partial charge is 0.296 e. The van der Waals surface area contributed by atoms with Gasteiger partial charge in [0.1, 0.15) is 0 Å². The molecule has 114 valence electrons. The first-order valence-corrected chi connectivity index (χ1v) is 8.36. The van der Waals surface area contributed by atoms with Crippen molar-refractivity contribution in [1.82, 2.24) is 0 Å². The van der Waals surface area contributed by atoms with E-state index in [1.165, 1.54) is 0 Å². The molecule has 1 aromatic carbocycles. The summed E-state index contributed by atoms with van der Waals surface area (Å²) in [4.78, 5) is 0.239. The summed E-state index contributed by atoms with van der Waals surface area (Å²) in [6.45, 7) is 6.42. The van der Waals surface area contributed by atoms with Crippen LogP contribution in [-0.4, -0.2) is 15.0 Å². The molecule has 0 saturated heterocycles. The lowest BCUT2D eigenvalue weighted by molar-refractivity contribution is 0.238. The molecular weight excluding hydrogens is 292 g/mol. The minimum absolute atomic E-state index is 0. The van der Waals surface area contributed by atoms with E-state index in [0.29, 0.717) is 5.92 Å². The van der Waals surface area contributed by atoms with Crippen LogP contribution in [0.1, 0.15) is 45.1 Å². The summed E-state index contributed by atoms with van der Waals surface area (Å²) >= 11 is 0. The van der Waals surface area contributed by atoms with Crippen LogP contribution < -0.4 is 0 Å². The van der Waals surface area contributed by atoms with Crippen LogP contribution in [0.3, 0.4) is 0 Å². The zero-order valence-corrected chi connectivity index (χ0v) is 14.1. The molecule has 0 spiro atoms. The first-order chi connectivity index (χ1) is 8.99. The fourth-order valence-electron chi connectivity index (χ4n) is 1.86. The molecule has 0 N–H and O–H groups in total. The van der Waals surface area contributed by atoms with Gasteiger partial charge in [0.15, 0.2) is 0 Å². The number of rotatable bonds is 8. The van der Waals surface area contributed by atoms with Gasteiger partial charge in [-0.15, -0.1) is 0 Å². The Kier molecular flexibility index (Phi) is 9.18. The number of aryl methyl sites for hydroxylation is 1. The Morgan fingerprint density at radius 2 is 1.75 bits per heavy atom. The van der Waals surface area contributed by atoms with E-state index >= 15 is 0 Å². The van der Waals surface area contributed by atoms with Gasteiger partial charge in [-0.1, -0.05) is 50.8 Å². The fourth-order valence-corrected chi connectivity index (χ4v) is 2.83. The van der Waals surface area contributed by atoms with E-state index in [-0.39, 0.29) is 25.0 Å². The van der Waals surface area contributed by atoms with Crippen molar-refractivity contribution in [3.63, 3.8) is 0 Å². The smallest absolute Gasteiger partial charge is 0.266 e. The van der Waals surface area contributed by atoms with E-state index in [1.54, 1.807) is 24.3 Å². The Bertz CT molecular complexity index is 466. The van der Waals surface area contributed by atoms with Crippen molar-refractivity contribution in [2.45, 2.75) is 51.3 Å². The van der Waals surface area contributed by atoms with Gasteiger partial charge in [0.25, 0.3) is 10.1 Å². The quantitative estimate of drug-likeness (QED) is 0.660. The molecule has 1 rings (SSSR count). The summed E-state index contributed by atoms with van der Waals surface area (Å²) in [5, 5.41) is 0. The summed E-state index contributed by atoms with van der Waals surface area (Å²) in [7, 11) is -3.61. The SMILES string of the molecule is CCCCC(CC)COS(=O)(=O)c1ccc(C)cc1.[S]. The van der Waals surface area contributed by atoms with E-state index in [0.717, 1.165) is 31.2 Å². The highest BCUT2D eigenvalue weighted by Gasteiger charge is 2.17. The van der Waals surface area contributed by atoms with Crippen LogP contribution >= 0.6 is 13.5 Å². The van der Waals surface area contributed by atoms with Gasteiger partial charge in [0.05, 0.1) is 11.5 Å². The molecule has 0 amide bonds. The normalized spacial score (nSPS) is 12.8. The first kappa shape index (κ1) is 19.5. The Morgan fingerprint density at radius 1 is 1.15 bits per heavy atom. The molecule has 2 radical (unpaired) electrons.